The summed E-state index contributed by atoms with van der Waals surface area (Å²) < 4.78 is 1.98. The predicted molar refractivity (Wildman–Crippen MR) is 72.5 cm³/mol. The molecule has 2 unspecified atom stereocenters. The average Bonchev–Trinajstić information content (AvgIpc) is 2.76. The molecule has 0 fully saturated rings. The number of hydrogen-bond donors (Lipinski definition) is 1. The van der Waals surface area contributed by atoms with Gasteiger partial charge in [0, 0.05) is 19.2 Å². The van der Waals surface area contributed by atoms with Crippen LogP contribution in [0.25, 0.3) is 0 Å². The van der Waals surface area contributed by atoms with Gasteiger partial charge in [0.2, 0.25) is 0 Å². The van der Waals surface area contributed by atoms with Gasteiger partial charge in [-0.1, -0.05) is 31.2 Å². The fourth-order valence-electron chi connectivity index (χ4n) is 2.96. The molecule has 2 atom stereocenters. The van der Waals surface area contributed by atoms with E-state index < -0.39 is 0 Å². The van der Waals surface area contributed by atoms with Crippen LogP contribution in [0.2, 0.25) is 0 Å². The van der Waals surface area contributed by atoms with E-state index in [1.165, 1.54) is 23.2 Å². The van der Waals surface area contributed by atoms with E-state index in [1.807, 2.05) is 17.9 Å². The number of benzene rings is 1. The minimum Gasteiger partial charge on any atom is -0.308 e. The molecule has 1 aliphatic rings. The van der Waals surface area contributed by atoms with Gasteiger partial charge in [-0.3, -0.25) is 4.68 Å². The van der Waals surface area contributed by atoms with Gasteiger partial charge in [0.25, 0.3) is 0 Å². The van der Waals surface area contributed by atoms with E-state index in [0.29, 0.717) is 12.0 Å². The van der Waals surface area contributed by atoms with Crippen molar-refractivity contribution < 1.29 is 0 Å². The van der Waals surface area contributed by atoms with Gasteiger partial charge in [-0.15, -0.1) is 0 Å². The van der Waals surface area contributed by atoms with Crippen molar-refractivity contribution in [2.45, 2.75) is 25.3 Å². The molecule has 0 amide bonds. The zero-order valence-electron chi connectivity index (χ0n) is 10.9. The zero-order chi connectivity index (χ0) is 12.5. The molecule has 1 heterocycles. The van der Waals surface area contributed by atoms with Crippen LogP contribution in [0, 0.1) is 0 Å². The highest BCUT2D eigenvalue weighted by molar-refractivity contribution is 5.42. The minimum absolute atomic E-state index is 0.373. The molecule has 0 aliphatic heterocycles. The Labute approximate surface area is 108 Å². The molecule has 18 heavy (non-hydrogen) atoms. The van der Waals surface area contributed by atoms with Crippen molar-refractivity contribution in [2.75, 3.05) is 6.54 Å². The fourth-order valence-corrected chi connectivity index (χ4v) is 2.96. The van der Waals surface area contributed by atoms with Crippen LogP contribution in [0.15, 0.2) is 36.5 Å². The largest absolute Gasteiger partial charge is 0.308 e. The highest BCUT2D eigenvalue weighted by atomic mass is 15.3. The number of rotatable bonds is 4. The molecule has 0 saturated heterocycles. The Morgan fingerprint density at radius 2 is 2.22 bits per heavy atom. The molecule has 1 aromatic carbocycles. The lowest BCUT2D eigenvalue weighted by molar-refractivity contribution is 0.398. The Morgan fingerprint density at radius 1 is 1.39 bits per heavy atom. The second kappa shape index (κ2) is 4.58. The summed E-state index contributed by atoms with van der Waals surface area (Å²) in [4.78, 5) is 0. The molecule has 1 N–H and O–H groups in total. The summed E-state index contributed by atoms with van der Waals surface area (Å²) in [6.45, 7) is 3.14. The van der Waals surface area contributed by atoms with E-state index in [9.17, 15) is 0 Å². The maximum atomic E-state index is 4.29. The molecule has 3 rings (SSSR count). The van der Waals surface area contributed by atoms with Crippen molar-refractivity contribution in [3.63, 3.8) is 0 Å². The minimum atomic E-state index is 0.373. The van der Waals surface area contributed by atoms with E-state index in [-0.39, 0.29) is 0 Å². The van der Waals surface area contributed by atoms with Gasteiger partial charge in [0.05, 0.1) is 11.7 Å². The Morgan fingerprint density at radius 3 is 2.89 bits per heavy atom. The molecule has 0 radical (unpaired) electrons. The first-order valence-electron chi connectivity index (χ1n) is 6.60. The lowest BCUT2D eigenvalue weighted by Crippen LogP contribution is -2.34. The first kappa shape index (κ1) is 11.5. The number of likely N-dealkylation sites (N-methyl/N-ethyl adjacent to an activating group) is 1. The Balaban J connectivity index is 1.91. The van der Waals surface area contributed by atoms with Crippen LogP contribution in [0.1, 0.15) is 35.7 Å². The topological polar surface area (TPSA) is 29.9 Å². The van der Waals surface area contributed by atoms with Gasteiger partial charge in [0.1, 0.15) is 0 Å². The summed E-state index contributed by atoms with van der Waals surface area (Å²) in [5, 5.41) is 7.90. The van der Waals surface area contributed by atoms with Crippen LogP contribution < -0.4 is 5.32 Å². The smallest absolute Gasteiger partial charge is 0.0564 e. The molecular weight excluding hydrogens is 222 g/mol. The van der Waals surface area contributed by atoms with E-state index in [2.05, 4.69) is 47.7 Å². The van der Waals surface area contributed by atoms with E-state index in [1.54, 1.807) is 0 Å². The number of nitrogens with one attached hydrogen (secondary N) is 1. The first-order chi connectivity index (χ1) is 8.81. The Hall–Kier alpha value is -1.61. The predicted octanol–water partition coefficient (Wildman–Crippen LogP) is 2.41. The van der Waals surface area contributed by atoms with E-state index >= 15 is 0 Å². The second-order valence-electron chi connectivity index (χ2n) is 4.92. The third kappa shape index (κ3) is 1.75. The number of hydrogen-bond acceptors (Lipinski definition) is 2. The van der Waals surface area contributed by atoms with Crippen molar-refractivity contribution in [1.29, 1.82) is 0 Å². The quantitative estimate of drug-likeness (QED) is 0.891. The molecule has 0 bridgehead atoms. The normalized spacial score (nSPS) is 19.1. The molecule has 1 aromatic heterocycles. The standard InChI is InChI=1S/C15H19N3/c1-3-16-15(14-8-9-17-18(14)2)13-10-11-6-4-5-7-12(11)13/h4-9,13,15-16H,3,10H2,1-2H3. The first-order valence-corrected chi connectivity index (χ1v) is 6.60. The van der Waals surface area contributed by atoms with Crippen LogP contribution in [0.3, 0.4) is 0 Å². The van der Waals surface area contributed by atoms with Gasteiger partial charge in [-0.2, -0.15) is 5.10 Å². The number of fused-ring (bicyclic) bond motifs is 1. The summed E-state index contributed by atoms with van der Waals surface area (Å²) in [6, 6.07) is 11.2. The molecule has 0 spiro atoms. The molecule has 3 nitrogen and oxygen atoms in total. The molecule has 94 valence electrons. The third-order valence-corrected chi connectivity index (χ3v) is 3.90. The summed E-state index contributed by atoms with van der Waals surface area (Å²) in [6.07, 6.45) is 3.04. The van der Waals surface area contributed by atoms with Crippen molar-refractivity contribution in [3.8, 4) is 0 Å². The number of aromatic nitrogens is 2. The van der Waals surface area contributed by atoms with Crippen molar-refractivity contribution >= 4 is 0 Å². The summed E-state index contributed by atoms with van der Waals surface area (Å²) >= 11 is 0. The Bertz CT molecular complexity index is 544. The highest BCUT2D eigenvalue weighted by Gasteiger charge is 2.34. The van der Waals surface area contributed by atoms with Gasteiger partial charge in [-0.25, -0.2) is 0 Å². The lowest BCUT2D eigenvalue weighted by atomic mass is 9.72. The molecular formula is C15H19N3. The van der Waals surface area contributed by atoms with Gasteiger partial charge in [-0.05, 0) is 30.2 Å². The van der Waals surface area contributed by atoms with Crippen LogP contribution in [-0.2, 0) is 13.5 Å². The maximum absolute atomic E-state index is 4.29. The average molecular weight is 241 g/mol. The zero-order valence-corrected chi connectivity index (χ0v) is 10.9. The molecule has 1 aliphatic carbocycles. The summed E-state index contributed by atoms with van der Waals surface area (Å²) in [5.74, 6) is 0.580. The van der Waals surface area contributed by atoms with Crippen molar-refractivity contribution in [3.05, 3.63) is 53.3 Å². The Kier molecular flexibility index (Phi) is 2.92. The van der Waals surface area contributed by atoms with Crippen LogP contribution >= 0.6 is 0 Å². The molecule has 0 saturated carbocycles. The summed E-state index contributed by atoms with van der Waals surface area (Å²) in [7, 11) is 2.02. The second-order valence-corrected chi connectivity index (χ2v) is 4.92. The van der Waals surface area contributed by atoms with Crippen molar-refractivity contribution in [2.24, 2.45) is 7.05 Å². The third-order valence-electron chi connectivity index (χ3n) is 3.90. The van der Waals surface area contributed by atoms with Crippen molar-refractivity contribution in [1.82, 2.24) is 15.1 Å². The van der Waals surface area contributed by atoms with Gasteiger partial charge in [0.15, 0.2) is 0 Å². The highest BCUT2D eigenvalue weighted by Crippen LogP contribution is 2.43. The van der Waals surface area contributed by atoms with Crippen LogP contribution in [-0.4, -0.2) is 16.3 Å². The monoisotopic (exact) mass is 241 g/mol. The van der Waals surface area contributed by atoms with Gasteiger partial charge < -0.3 is 5.32 Å². The number of nitrogens with zero attached hydrogens (tertiary/aromatic N) is 2. The van der Waals surface area contributed by atoms with Crippen LogP contribution in [0.5, 0.6) is 0 Å². The van der Waals surface area contributed by atoms with Gasteiger partial charge >= 0.3 is 0 Å². The van der Waals surface area contributed by atoms with E-state index in [0.717, 1.165) is 6.54 Å². The SMILES string of the molecule is CCNC(c1ccnn1C)C1Cc2ccccc21. The maximum Gasteiger partial charge on any atom is 0.0564 e. The van der Waals surface area contributed by atoms with Crippen LogP contribution in [0.4, 0.5) is 0 Å². The molecule has 3 heteroatoms. The number of aryl methyl sites for hydroxylation is 1. The van der Waals surface area contributed by atoms with E-state index in [4.69, 9.17) is 0 Å². The lowest BCUT2D eigenvalue weighted by Gasteiger charge is -2.37. The summed E-state index contributed by atoms with van der Waals surface area (Å²) in [5.41, 5.74) is 4.26. The fraction of sp³-hybridized carbons (Fsp3) is 0.400. The molecule has 2 aromatic rings.